The smallest absolute Gasteiger partial charge is 0.410 e. The second-order valence-electron chi connectivity index (χ2n) is 26.4. The molecule has 4 aliphatic rings. The summed E-state index contributed by atoms with van der Waals surface area (Å²) >= 11 is 0. The van der Waals surface area contributed by atoms with Gasteiger partial charge in [-0.3, -0.25) is 48.2 Å². The Morgan fingerprint density at radius 2 is 0.844 bits per heavy atom. The fourth-order valence-corrected chi connectivity index (χ4v) is 12.8. The molecular weight excluding hydrogens is 1160 g/mol. The van der Waals surface area contributed by atoms with E-state index in [9.17, 15) is 58.2 Å². The third kappa shape index (κ3) is 19.1. The highest BCUT2D eigenvalue weighted by Crippen LogP contribution is 2.37. The van der Waals surface area contributed by atoms with Crippen LogP contribution in [0.15, 0.2) is 60.7 Å². The predicted molar refractivity (Wildman–Crippen MR) is 335 cm³/mol. The van der Waals surface area contributed by atoms with Gasteiger partial charge in [0.05, 0.1) is 0 Å². The highest BCUT2D eigenvalue weighted by molar-refractivity contribution is 5.98. The van der Waals surface area contributed by atoms with Crippen LogP contribution in [0.2, 0.25) is 0 Å². The van der Waals surface area contributed by atoms with Crippen LogP contribution >= 0.6 is 0 Å². The maximum absolute atomic E-state index is 14.5. The minimum Gasteiger partial charge on any atom is -0.444 e. The van der Waals surface area contributed by atoms with E-state index in [0.717, 1.165) is 25.7 Å². The first-order valence-electron chi connectivity index (χ1n) is 32.4. The molecule has 8 N–H and O–H groups in total. The zero-order chi connectivity index (χ0) is 66.0. The second-order valence-corrected chi connectivity index (χ2v) is 26.4. The number of nitrogens with one attached hydrogen (secondary N) is 6. The van der Waals surface area contributed by atoms with Crippen LogP contribution in [0.3, 0.4) is 0 Å². The third-order valence-electron chi connectivity index (χ3n) is 17.6. The molecule has 4 aliphatic heterocycles. The van der Waals surface area contributed by atoms with Crippen molar-refractivity contribution in [1.82, 2.24) is 51.5 Å². The fraction of sp³-hybridized carbons (Fsp3) is 0.667. The fourth-order valence-electron chi connectivity index (χ4n) is 12.8. The Kier molecular flexibility index (Phi) is 26.4. The summed E-state index contributed by atoms with van der Waals surface area (Å²) in [4.78, 5) is 145. The number of ether oxygens (including phenoxy) is 2. The zero-order valence-corrected chi connectivity index (χ0v) is 54.4. The van der Waals surface area contributed by atoms with E-state index in [1.165, 1.54) is 33.7 Å². The molecule has 0 spiro atoms. The van der Waals surface area contributed by atoms with Gasteiger partial charge in [-0.15, -0.1) is 0 Å². The molecule has 0 aliphatic carbocycles. The van der Waals surface area contributed by atoms with Gasteiger partial charge >= 0.3 is 12.2 Å². The van der Waals surface area contributed by atoms with Crippen LogP contribution in [0.4, 0.5) is 9.59 Å². The van der Waals surface area contributed by atoms with Crippen molar-refractivity contribution in [3.05, 3.63) is 71.8 Å². The Morgan fingerprint density at radius 1 is 0.511 bits per heavy atom. The first-order valence-corrected chi connectivity index (χ1v) is 32.4. The third-order valence-corrected chi connectivity index (χ3v) is 17.6. The lowest BCUT2D eigenvalue weighted by atomic mass is 9.93. The molecule has 0 aromatic heterocycles. The minimum atomic E-state index is -1.17. The lowest BCUT2D eigenvalue weighted by molar-refractivity contribution is -0.145. The molecule has 4 heterocycles. The monoisotopic (exact) mass is 1260 g/mol. The van der Waals surface area contributed by atoms with Crippen LogP contribution < -0.4 is 31.9 Å². The molecule has 12 unspecified atom stereocenters. The van der Waals surface area contributed by atoms with Gasteiger partial charge in [-0.1, -0.05) is 100 Å². The Balaban J connectivity index is 0.976. The van der Waals surface area contributed by atoms with Gasteiger partial charge in [0.25, 0.3) is 0 Å². The zero-order valence-electron chi connectivity index (χ0n) is 54.4. The number of carbonyl (C=O) groups excluding carboxylic acids is 10. The number of rotatable bonds is 27. The van der Waals surface area contributed by atoms with Gasteiger partial charge < -0.3 is 61.4 Å². The number of aliphatic hydroxyl groups excluding tert-OH is 2. The molecule has 24 heteroatoms. The Bertz CT molecular complexity index is 2590. The number of hydrogen-bond donors (Lipinski definition) is 8. The molecule has 4 fully saturated rings. The van der Waals surface area contributed by atoms with Crippen molar-refractivity contribution in [2.24, 2.45) is 11.8 Å². The molecule has 10 amide bonds. The lowest BCUT2D eigenvalue weighted by Gasteiger charge is -2.34. The average Bonchev–Trinajstić information content (AvgIpc) is 1.65. The van der Waals surface area contributed by atoms with Crippen molar-refractivity contribution in [1.29, 1.82) is 0 Å². The molecular formula is C66H100N10O14. The van der Waals surface area contributed by atoms with E-state index in [1.54, 1.807) is 116 Å². The number of benzene rings is 2. The number of nitrogens with zero attached hydrogens (tertiary/aromatic N) is 4. The van der Waals surface area contributed by atoms with Gasteiger partial charge in [-0.2, -0.15) is 0 Å². The standard InChI is InChI=1S/C66H100N10O14/c1-11-47(73(9)63(87)89-65(3,4)5)55(79)71-53-43(39-77)29-31-45-33-35-49(75(45)61(53)85)57(81)69-51(41-25-19-17-20-26-41)59(83)67-37-23-15-13-14-16-24-38-68-60(84)52(42-27-21-18-22-28-42)70-58(82)50-36-34-46-32-30-44(40-78)54(62(86)76(46)50)72-56(80)48(12-2)74(10)64(88)90-66(6,7)8/h17-22,25-28,43-54,77-78H,11-16,23-24,29-40H2,1-10H3,(H,67,83)(H,68,84)(H,69,81)(H,70,82)(H,71,79)(H,72,80). The van der Waals surface area contributed by atoms with E-state index in [2.05, 4.69) is 31.9 Å². The number of amides is 10. The maximum atomic E-state index is 14.5. The first-order chi connectivity index (χ1) is 42.7. The van der Waals surface area contributed by atoms with Crippen LogP contribution in [-0.2, 0) is 47.8 Å². The number of aliphatic hydroxyl groups is 2. The van der Waals surface area contributed by atoms with E-state index in [-0.39, 0.29) is 38.1 Å². The first kappa shape index (κ1) is 71.7. The molecule has 0 radical (unpaired) electrons. The van der Waals surface area contributed by atoms with E-state index in [4.69, 9.17) is 9.47 Å². The van der Waals surface area contributed by atoms with Gasteiger partial charge in [0.2, 0.25) is 47.3 Å². The molecule has 2 aromatic carbocycles. The topological polar surface area (TPSA) is 315 Å². The summed E-state index contributed by atoms with van der Waals surface area (Å²) in [5, 5.41) is 38.4. The molecule has 0 bridgehead atoms. The molecule has 90 heavy (non-hydrogen) atoms. The Hall–Kier alpha value is -7.34. The van der Waals surface area contributed by atoms with E-state index < -0.39 is 131 Å². The van der Waals surface area contributed by atoms with Crippen molar-refractivity contribution in [2.75, 3.05) is 40.4 Å². The molecule has 0 saturated carbocycles. The lowest BCUT2D eigenvalue weighted by Crippen LogP contribution is -2.59. The molecule has 2 aromatic rings. The quantitative estimate of drug-likeness (QED) is 0.0543. The minimum absolute atomic E-state index is 0.221. The summed E-state index contributed by atoms with van der Waals surface area (Å²) in [5.41, 5.74) is -0.508. The summed E-state index contributed by atoms with van der Waals surface area (Å²) < 4.78 is 11.0. The van der Waals surface area contributed by atoms with Gasteiger partial charge in [-0.05, 0) is 130 Å². The van der Waals surface area contributed by atoms with Gasteiger partial charge in [0.15, 0.2) is 0 Å². The summed E-state index contributed by atoms with van der Waals surface area (Å²) in [6.07, 6.45) is 7.12. The van der Waals surface area contributed by atoms with Crippen LogP contribution in [-0.4, -0.2) is 189 Å². The van der Waals surface area contributed by atoms with E-state index in [0.29, 0.717) is 88.4 Å². The Morgan fingerprint density at radius 3 is 1.17 bits per heavy atom. The maximum Gasteiger partial charge on any atom is 0.410 e. The van der Waals surface area contributed by atoms with E-state index >= 15 is 0 Å². The molecule has 6 rings (SSSR count). The molecule has 498 valence electrons. The van der Waals surface area contributed by atoms with Crippen molar-refractivity contribution in [2.45, 2.75) is 230 Å². The summed E-state index contributed by atoms with van der Waals surface area (Å²) in [5.74, 6) is -5.36. The number of fused-ring (bicyclic) bond motifs is 2. The van der Waals surface area contributed by atoms with Gasteiger partial charge in [0.1, 0.15) is 59.5 Å². The van der Waals surface area contributed by atoms with Crippen LogP contribution in [0.1, 0.15) is 181 Å². The van der Waals surface area contributed by atoms with Crippen molar-refractivity contribution >= 4 is 59.4 Å². The van der Waals surface area contributed by atoms with Crippen LogP contribution in [0.5, 0.6) is 0 Å². The van der Waals surface area contributed by atoms with Crippen molar-refractivity contribution in [3.8, 4) is 0 Å². The van der Waals surface area contributed by atoms with Crippen molar-refractivity contribution < 1.29 is 67.6 Å². The number of likely N-dealkylation sites (N-methyl/N-ethyl adjacent to an activating group) is 2. The molecule has 12 atom stereocenters. The second kappa shape index (κ2) is 33.1. The van der Waals surface area contributed by atoms with Gasteiger partial charge in [-0.25, -0.2) is 9.59 Å². The average molecular weight is 1260 g/mol. The summed E-state index contributed by atoms with van der Waals surface area (Å²) in [6.45, 7) is 13.7. The van der Waals surface area contributed by atoms with Crippen molar-refractivity contribution in [3.63, 3.8) is 0 Å². The largest absolute Gasteiger partial charge is 0.444 e. The van der Waals surface area contributed by atoms with E-state index in [1.807, 2.05) is 0 Å². The summed E-state index contributed by atoms with van der Waals surface area (Å²) in [6, 6.07) is 8.66. The molecule has 4 saturated heterocycles. The number of carbonyl (C=O) groups is 10. The normalized spacial score (nSPS) is 23.0. The number of hydrogen-bond acceptors (Lipinski definition) is 14. The highest BCUT2D eigenvalue weighted by atomic mass is 16.6. The van der Waals surface area contributed by atoms with Crippen LogP contribution in [0.25, 0.3) is 0 Å². The highest BCUT2D eigenvalue weighted by Gasteiger charge is 2.50. The molecule has 24 nitrogen and oxygen atoms in total. The van der Waals surface area contributed by atoms with Crippen LogP contribution in [0, 0.1) is 11.8 Å². The predicted octanol–water partition coefficient (Wildman–Crippen LogP) is 5.06. The number of unbranched alkanes of at least 4 members (excludes halogenated alkanes) is 5. The van der Waals surface area contributed by atoms with Gasteiger partial charge in [0, 0.05) is 64.3 Å². The SMILES string of the molecule is CCC(C(=O)NC1C(=O)N2C(CCC1CO)CCC2C(=O)NC(C(=O)NCCCCCCCCNC(=O)C(NC(=O)C1CCC2CCC(CO)C(NC(=O)C(CC)N(C)C(=O)OC(C)(C)C)C(=O)N21)c1ccccc1)c1ccccc1)N(C)C(=O)OC(C)(C)C. The summed E-state index contributed by atoms with van der Waals surface area (Å²) in [7, 11) is 2.91. The Labute approximate surface area is 530 Å².